The molecule has 2 aliphatic rings. The second kappa shape index (κ2) is 12.5. The molecule has 1 heterocycles. The van der Waals surface area contributed by atoms with E-state index in [0.717, 1.165) is 22.5 Å². The lowest BCUT2D eigenvalue weighted by molar-refractivity contribution is -0.129. The lowest BCUT2D eigenvalue weighted by Crippen LogP contribution is -2.46. The van der Waals surface area contributed by atoms with Gasteiger partial charge in [-0.15, -0.1) is 0 Å². The highest BCUT2D eigenvalue weighted by Crippen LogP contribution is 2.37. The number of anilines is 2. The van der Waals surface area contributed by atoms with Gasteiger partial charge in [-0.05, 0) is 61.7 Å². The first-order chi connectivity index (χ1) is 19.6. The van der Waals surface area contributed by atoms with Crippen molar-refractivity contribution in [2.75, 3.05) is 30.0 Å². The van der Waals surface area contributed by atoms with Gasteiger partial charge in [0, 0.05) is 35.5 Å². The molecular formula is C32H34N6O3. The summed E-state index contributed by atoms with van der Waals surface area (Å²) in [7, 11) is 0. The van der Waals surface area contributed by atoms with E-state index >= 15 is 0 Å². The Bertz CT molecular complexity index is 1520. The van der Waals surface area contributed by atoms with Crippen molar-refractivity contribution in [1.29, 1.82) is 10.5 Å². The molecule has 0 saturated carbocycles. The fourth-order valence-electron chi connectivity index (χ4n) is 4.80. The Labute approximate surface area is 240 Å². The third-order valence-electron chi connectivity index (χ3n) is 7.21. The SMILES string of the molecule is Cc1cc(N(CCC#N)CCC#N)ccc1NC1=CC(=NCOc2ccccc2C)C(=O)C2=C1NC(=O)C(C)(C)C2. The van der Waals surface area contributed by atoms with E-state index in [1.165, 1.54) is 0 Å². The van der Waals surface area contributed by atoms with Crippen LogP contribution in [0.5, 0.6) is 5.75 Å². The molecule has 4 rings (SSSR count). The van der Waals surface area contributed by atoms with Crippen LogP contribution in [0, 0.1) is 41.9 Å². The third-order valence-corrected chi connectivity index (χ3v) is 7.21. The molecule has 2 N–H and O–H groups in total. The van der Waals surface area contributed by atoms with Crippen LogP contribution in [0.25, 0.3) is 0 Å². The van der Waals surface area contributed by atoms with Crippen LogP contribution in [0.1, 0.15) is 44.2 Å². The Balaban J connectivity index is 1.64. The molecule has 9 nitrogen and oxygen atoms in total. The summed E-state index contributed by atoms with van der Waals surface area (Å²) >= 11 is 0. The molecule has 2 aromatic rings. The smallest absolute Gasteiger partial charge is 0.230 e. The summed E-state index contributed by atoms with van der Waals surface area (Å²) in [5, 5.41) is 24.4. The Morgan fingerprint density at radius 3 is 2.41 bits per heavy atom. The number of hydrogen-bond acceptors (Lipinski definition) is 8. The van der Waals surface area contributed by atoms with Gasteiger partial charge in [0.15, 0.2) is 6.73 Å². The number of ether oxygens (including phenoxy) is 1. The zero-order chi connectivity index (χ0) is 29.6. The average Bonchev–Trinajstić information content (AvgIpc) is 2.94. The average molecular weight is 551 g/mol. The van der Waals surface area contributed by atoms with E-state index in [9.17, 15) is 9.59 Å². The van der Waals surface area contributed by atoms with E-state index < -0.39 is 5.41 Å². The molecule has 1 aliphatic heterocycles. The van der Waals surface area contributed by atoms with Crippen molar-refractivity contribution in [3.8, 4) is 17.9 Å². The maximum absolute atomic E-state index is 13.5. The first kappa shape index (κ1) is 29.1. The normalized spacial score (nSPS) is 16.7. The minimum atomic E-state index is -0.742. The molecule has 0 spiro atoms. The monoisotopic (exact) mass is 550 g/mol. The van der Waals surface area contributed by atoms with Crippen LogP contribution >= 0.6 is 0 Å². The van der Waals surface area contributed by atoms with Crippen molar-refractivity contribution in [2.45, 2.75) is 47.0 Å². The molecule has 0 aromatic heterocycles. The maximum atomic E-state index is 13.5. The molecule has 1 amide bonds. The van der Waals surface area contributed by atoms with Gasteiger partial charge in [-0.3, -0.25) is 9.59 Å². The van der Waals surface area contributed by atoms with Gasteiger partial charge in [-0.2, -0.15) is 10.5 Å². The van der Waals surface area contributed by atoms with Crippen molar-refractivity contribution < 1.29 is 14.3 Å². The number of ketones is 1. The van der Waals surface area contributed by atoms with Crippen LogP contribution in [0.2, 0.25) is 0 Å². The molecule has 2 aromatic carbocycles. The lowest BCUT2D eigenvalue weighted by atomic mass is 9.77. The summed E-state index contributed by atoms with van der Waals surface area (Å²) in [5.74, 6) is 0.310. The number of nitrogens with one attached hydrogen (secondary N) is 2. The van der Waals surface area contributed by atoms with Crippen LogP contribution in [0.15, 0.2) is 70.5 Å². The van der Waals surface area contributed by atoms with Crippen LogP contribution in [0.3, 0.4) is 0 Å². The number of aryl methyl sites for hydroxylation is 2. The zero-order valence-electron chi connectivity index (χ0n) is 23.9. The summed E-state index contributed by atoms with van der Waals surface area (Å²) in [6, 6.07) is 17.8. The van der Waals surface area contributed by atoms with E-state index in [1.54, 1.807) is 6.08 Å². The summed E-state index contributed by atoms with van der Waals surface area (Å²) in [6.45, 7) is 8.56. The van der Waals surface area contributed by atoms with Gasteiger partial charge in [0.2, 0.25) is 11.7 Å². The summed E-state index contributed by atoms with van der Waals surface area (Å²) in [6.07, 6.45) is 2.65. The number of nitrogens with zero attached hydrogens (tertiary/aromatic N) is 4. The minimum absolute atomic E-state index is 0.0248. The Morgan fingerprint density at radius 2 is 1.76 bits per heavy atom. The number of hydrogen-bond donors (Lipinski definition) is 2. The zero-order valence-corrected chi connectivity index (χ0v) is 23.9. The van der Waals surface area contributed by atoms with Gasteiger partial charge in [-0.1, -0.05) is 32.0 Å². The molecule has 0 unspecified atom stereocenters. The van der Waals surface area contributed by atoms with Crippen LogP contribution < -0.4 is 20.3 Å². The number of allylic oxidation sites excluding steroid dienone is 2. The van der Waals surface area contributed by atoms with Gasteiger partial charge in [-0.25, -0.2) is 4.99 Å². The number of amides is 1. The number of Topliss-reactive ketones (excluding diaryl/α,β-unsaturated/α-hetero) is 1. The van der Waals surface area contributed by atoms with Crippen molar-refractivity contribution in [2.24, 2.45) is 10.4 Å². The fraction of sp³-hybridized carbons (Fsp3) is 0.344. The molecule has 210 valence electrons. The second-order valence-electron chi connectivity index (χ2n) is 10.8. The molecular weight excluding hydrogens is 516 g/mol. The Kier molecular flexibility index (Phi) is 8.89. The molecule has 0 fully saturated rings. The number of aliphatic imine (C=N–C) groups is 1. The van der Waals surface area contributed by atoms with E-state index in [4.69, 9.17) is 15.3 Å². The van der Waals surface area contributed by atoms with Gasteiger partial charge in [0.05, 0.1) is 36.4 Å². The number of rotatable bonds is 10. The summed E-state index contributed by atoms with van der Waals surface area (Å²) < 4.78 is 5.83. The Morgan fingerprint density at radius 1 is 1.05 bits per heavy atom. The first-order valence-electron chi connectivity index (χ1n) is 13.6. The summed E-state index contributed by atoms with van der Waals surface area (Å²) in [5.41, 5.74) is 4.64. The maximum Gasteiger partial charge on any atom is 0.230 e. The predicted octanol–water partition coefficient (Wildman–Crippen LogP) is 5.09. The van der Waals surface area contributed by atoms with Gasteiger partial charge >= 0.3 is 0 Å². The standard InChI is InChI=1S/C32H34N6O3/c1-21-9-5-6-10-28(21)41-20-35-27-18-26(29-24(30(27)39)19-32(3,4)31(40)37-29)36-25-12-11-23(17-22(25)2)38(15-7-13-33)16-8-14-34/h5-6,9-12,17-18,36H,7-8,15-16,19-20H2,1-4H3,(H,37,40). The van der Waals surface area contributed by atoms with Crippen molar-refractivity contribution >= 4 is 28.8 Å². The van der Waals surface area contributed by atoms with Gasteiger partial charge in [0.25, 0.3) is 0 Å². The van der Waals surface area contributed by atoms with Crippen molar-refractivity contribution in [3.05, 3.63) is 76.6 Å². The number of nitriles is 2. The molecule has 41 heavy (non-hydrogen) atoms. The molecule has 0 atom stereocenters. The van der Waals surface area contributed by atoms with Gasteiger partial charge < -0.3 is 20.3 Å². The van der Waals surface area contributed by atoms with E-state index in [-0.39, 0.29) is 30.6 Å². The van der Waals surface area contributed by atoms with Crippen molar-refractivity contribution in [1.82, 2.24) is 5.32 Å². The minimum Gasteiger partial charge on any atom is -0.471 e. The first-order valence-corrected chi connectivity index (χ1v) is 13.6. The molecule has 9 heteroatoms. The van der Waals surface area contributed by atoms with Crippen LogP contribution in [0.4, 0.5) is 11.4 Å². The summed E-state index contributed by atoms with van der Waals surface area (Å²) in [4.78, 5) is 32.9. The predicted molar refractivity (Wildman–Crippen MR) is 158 cm³/mol. The quantitative estimate of drug-likeness (QED) is 0.394. The van der Waals surface area contributed by atoms with E-state index in [0.29, 0.717) is 48.6 Å². The van der Waals surface area contributed by atoms with E-state index in [1.807, 2.05) is 75.1 Å². The highest BCUT2D eigenvalue weighted by molar-refractivity contribution is 6.51. The second-order valence-corrected chi connectivity index (χ2v) is 10.8. The topological polar surface area (TPSA) is 131 Å². The Hall–Kier alpha value is -4.89. The fourth-order valence-corrected chi connectivity index (χ4v) is 4.80. The lowest BCUT2D eigenvalue weighted by Gasteiger charge is -2.35. The molecule has 1 aliphatic carbocycles. The number of carbonyl (C=O) groups excluding carboxylic acids is 2. The molecule has 0 saturated heterocycles. The number of benzene rings is 2. The van der Waals surface area contributed by atoms with E-state index in [2.05, 4.69) is 27.8 Å². The third kappa shape index (κ3) is 6.64. The number of para-hydroxylation sites is 1. The highest BCUT2D eigenvalue weighted by atomic mass is 16.5. The van der Waals surface area contributed by atoms with Crippen LogP contribution in [-0.2, 0) is 9.59 Å². The molecule has 0 bridgehead atoms. The van der Waals surface area contributed by atoms with Gasteiger partial charge in [0.1, 0.15) is 11.5 Å². The van der Waals surface area contributed by atoms with Crippen molar-refractivity contribution in [3.63, 3.8) is 0 Å². The largest absolute Gasteiger partial charge is 0.471 e. The molecule has 0 radical (unpaired) electrons. The number of carbonyl (C=O) groups is 2. The highest BCUT2D eigenvalue weighted by Gasteiger charge is 2.41. The van der Waals surface area contributed by atoms with Crippen LogP contribution in [-0.4, -0.2) is 37.2 Å².